The summed E-state index contributed by atoms with van der Waals surface area (Å²) in [5, 5.41) is 14.2. The van der Waals surface area contributed by atoms with E-state index in [9.17, 15) is 19.7 Å². The van der Waals surface area contributed by atoms with Gasteiger partial charge in [0, 0.05) is 44.0 Å². The quantitative estimate of drug-likeness (QED) is 0.404. The first-order chi connectivity index (χ1) is 15.5. The second-order valence-corrected chi connectivity index (χ2v) is 7.71. The van der Waals surface area contributed by atoms with Crippen LogP contribution in [0.15, 0.2) is 54.2 Å². The van der Waals surface area contributed by atoms with Crippen molar-refractivity contribution in [2.24, 2.45) is 0 Å². The fourth-order valence-corrected chi connectivity index (χ4v) is 3.83. The molecule has 1 fully saturated rings. The Labute approximate surface area is 185 Å². The first-order valence-electron chi connectivity index (χ1n) is 10.4. The number of hydrogen-bond donors (Lipinski definition) is 1. The zero-order valence-electron chi connectivity index (χ0n) is 17.7. The molecular formula is C23H24N4O5. The predicted octanol–water partition coefficient (Wildman–Crippen LogP) is 2.43. The molecule has 0 radical (unpaired) electrons. The van der Waals surface area contributed by atoms with Gasteiger partial charge in [0.2, 0.25) is 0 Å². The van der Waals surface area contributed by atoms with Gasteiger partial charge >= 0.3 is 0 Å². The number of nitrogens with one attached hydrogen (secondary N) is 1. The second-order valence-electron chi connectivity index (χ2n) is 7.71. The van der Waals surface area contributed by atoms with E-state index in [1.165, 1.54) is 29.2 Å². The van der Waals surface area contributed by atoms with Crippen LogP contribution in [0.4, 0.5) is 11.4 Å². The summed E-state index contributed by atoms with van der Waals surface area (Å²) in [6.45, 7) is 5.51. The van der Waals surface area contributed by atoms with Gasteiger partial charge in [-0.15, -0.1) is 0 Å². The molecule has 2 heterocycles. The fraction of sp³-hybridized carbons (Fsp3) is 0.304. The van der Waals surface area contributed by atoms with E-state index in [2.05, 4.69) is 10.2 Å². The van der Waals surface area contributed by atoms with E-state index in [1.54, 1.807) is 0 Å². The molecule has 2 aromatic rings. The van der Waals surface area contributed by atoms with Gasteiger partial charge in [0.15, 0.2) is 0 Å². The van der Waals surface area contributed by atoms with Crippen molar-refractivity contribution in [3.63, 3.8) is 0 Å². The number of carbonyl (C=O) groups excluding carboxylic acids is 2. The van der Waals surface area contributed by atoms with Crippen LogP contribution in [-0.2, 0) is 14.3 Å². The molecule has 2 amide bonds. The molecule has 4 rings (SSSR count). The summed E-state index contributed by atoms with van der Waals surface area (Å²) in [5.74, 6) is -0.812. The molecule has 0 aliphatic carbocycles. The van der Waals surface area contributed by atoms with Gasteiger partial charge in [0.1, 0.15) is 5.70 Å². The van der Waals surface area contributed by atoms with E-state index < -0.39 is 16.7 Å². The van der Waals surface area contributed by atoms with Gasteiger partial charge in [-0.25, -0.2) is 0 Å². The normalized spacial score (nSPS) is 17.2. The number of nitro groups is 1. The van der Waals surface area contributed by atoms with Crippen molar-refractivity contribution in [1.29, 1.82) is 0 Å². The fourth-order valence-electron chi connectivity index (χ4n) is 3.83. The molecule has 0 spiro atoms. The van der Waals surface area contributed by atoms with Crippen LogP contribution in [0.1, 0.15) is 11.1 Å². The number of ether oxygens (including phenoxy) is 1. The van der Waals surface area contributed by atoms with Crippen molar-refractivity contribution >= 4 is 28.8 Å². The Morgan fingerprint density at radius 3 is 2.34 bits per heavy atom. The number of nitrogens with zero attached hydrogens (tertiary/aromatic N) is 3. The molecule has 2 aromatic carbocycles. The topological polar surface area (TPSA) is 105 Å². The van der Waals surface area contributed by atoms with E-state index in [1.807, 2.05) is 31.2 Å². The molecule has 0 unspecified atom stereocenters. The number of para-hydroxylation sites is 1. The average molecular weight is 436 g/mol. The molecular weight excluding hydrogens is 412 g/mol. The van der Waals surface area contributed by atoms with E-state index in [-0.39, 0.29) is 23.5 Å². The largest absolute Gasteiger partial charge is 0.379 e. The lowest BCUT2D eigenvalue weighted by atomic mass is 10.0. The Hall–Kier alpha value is -3.56. The standard InChI is InChI=1S/C23H24N4O5/c1-16-4-2-3-5-19(16)24-21-20(17-6-8-18(9-7-17)27(30)31)22(28)26(23(21)29)11-10-25-12-14-32-15-13-25/h2-9,24H,10-15H2,1H3. The van der Waals surface area contributed by atoms with Gasteiger partial charge < -0.3 is 10.1 Å². The van der Waals surface area contributed by atoms with Crippen molar-refractivity contribution < 1.29 is 19.2 Å². The maximum atomic E-state index is 13.3. The van der Waals surface area contributed by atoms with Gasteiger partial charge in [-0.1, -0.05) is 18.2 Å². The molecule has 2 aliphatic heterocycles. The molecule has 0 bridgehead atoms. The Kier molecular flexibility index (Phi) is 6.29. The second kappa shape index (κ2) is 9.29. The van der Waals surface area contributed by atoms with Crippen LogP contribution < -0.4 is 5.32 Å². The lowest BCUT2D eigenvalue weighted by Crippen LogP contribution is -2.43. The Morgan fingerprint density at radius 2 is 1.69 bits per heavy atom. The van der Waals surface area contributed by atoms with Crippen LogP contribution in [0.3, 0.4) is 0 Å². The zero-order chi connectivity index (χ0) is 22.7. The van der Waals surface area contributed by atoms with Crippen LogP contribution in [0.2, 0.25) is 0 Å². The highest BCUT2D eigenvalue weighted by molar-refractivity contribution is 6.36. The Balaban J connectivity index is 1.65. The van der Waals surface area contributed by atoms with Crippen molar-refractivity contribution in [3.05, 3.63) is 75.5 Å². The number of nitro benzene ring substituents is 1. The maximum Gasteiger partial charge on any atom is 0.278 e. The van der Waals surface area contributed by atoms with Crippen LogP contribution in [0.5, 0.6) is 0 Å². The summed E-state index contributed by atoms with van der Waals surface area (Å²) in [7, 11) is 0. The number of hydrogen-bond acceptors (Lipinski definition) is 7. The number of imide groups is 1. The van der Waals surface area contributed by atoms with Gasteiger partial charge in [-0.05, 0) is 36.2 Å². The van der Waals surface area contributed by atoms with E-state index in [0.717, 1.165) is 24.3 Å². The van der Waals surface area contributed by atoms with Crippen molar-refractivity contribution in [2.75, 3.05) is 44.7 Å². The molecule has 1 saturated heterocycles. The molecule has 0 saturated carbocycles. The molecule has 1 N–H and O–H groups in total. The van der Waals surface area contributed by atoms with Crippen LogP contribution in [-0.4, -0.2) is 65.9 Å². The summed E-state index contributed by atoms with van der Waals surface area (Å²) >= 11 is 0. The van der Waals surface area contributed by atoms with E-state index >= 15 is 0 Å². The molecule has 0 aromatic heterocycles. The average Bonchev–Trinajstić information content (AvgIpc) is 3.03. The molecule has 2 aliphatic rings. The number of rotatable bonds is 7. The monoisotopic (exact) mass is 436 g/mol. The summed E-state index contributed by atoms with van der Waals surface area (Å²) in [6, 6.07) is 13.2. The van der Waals surface area contributed by atoms with Crippen molar-refractivity contribution in [2.45, 2.75) is 6.92 Å². The van der Waals surface area contributed by atoms with Gasteiger partial charge in [-0.2, -0.15) is 0 Å². The van der Waals surface area contributed by atoms with Gasteiger partial charge in [-0.3, -0.25) is 29.5 Å². The SMILES string of the molecule is Cc1ccccc1NC1=C(c2ccc([N+](=O)[O-])cc2)C(=O)N(CCN2CCOCC2)C1=O. The number of carbonyl (C=O) groups is 2. The zero-order valence-corrected chi connectivity index (χ0v) is 17.7. The third-order valence-electron chi connectivity index (χ3n) is 5.68. The van der Waals surface area contributed by atoms with Gasteiger partial charge in [0.25, 0.3) is 17.5 Å². The molecule has 166 valence electrons. The third kappa shape index (κ3) is 4.39. The molecule has 9 nitrogen and oxygen atoms in total. The van der Waals surface area contributed by atoms with E-state index in [4.69, 9.17) is 4.74 Å². The van der Waals surface area contributed by atoms with Crippen LogP contribution in [0, 0.1) is 17.0 Å². The Morgan fingerprint density at radius 1 is 1.00 bits per heavy atom. The number of aryl methyl sites for hydroxylation is 1. The van der Waals surface area contributed by atoms with Crippen LogP contribution >= 0.6 is 0 Å². The molecule has 9 heteroatoms. The number of morpholine rings is 1. The number of benzene rings is 2. The van der Waals surface area contributed by atoms with E-state index in [0.29, 0.717) is 25.3 Å². The smallest absolute Gasteiger partial charge is 0.278 e. The summed E-state index contributed by atoms with van der Waals surface area (Å²) in [5.41, 5.74) is 2.42. The highest BCUT2D eigenvalue weighted by Crippen LogP contribution is 2.32. The first kappa shape index (κ1) is 21.7. The minimum atomic E-state index is -0.499. The predicted molar refractivity (Wildman–Crippen MR) is 119 cm³/mol. The number of non-ortho nitro benzene ring substituents is 1. The number of amides is 2. The molecule has 0 atom stereocenters. The summed E-state index contributed by atoms with van der Waals surface area (Å²) in [4.78, 5) is 40.5. The highest BCUT2D eigenvalue weighted by atomic mass is 16.6. The first-order valence-corrected chi connectivity index (χ1v) is 10.4. The van der Waals surface area contributed by atoms with Crippen molar-refractivity contribution in [3.8, 4) is 0 Å². The minimum absolute atomic E-state index is 0.0799. The number of anilines is 1. The Bertz CT molecular complexity index is 1070. The molecule has 32 heavy (non-hydrogen) atoms. The maximum absolute atomic E-state index is 13.3. The lowest BCUT2D eigenvalue weighted by Gasteiger charge is -2.28. The third-order valence-corrected chi connectivity index (χ3v) is 5.68. The summed E-state index contributed by atoms with van der Waals surface area (Å²) < 4.78 is 5.35. The van der Waals surface area contributed by atoms with Crippen LogP contribution in [0.25, 0.3) is 5.57 Å². The highest BCUT2D eigenvalue weighted by Gasteiger charge is 2.39. The minimum Gasteiger partial charge on any atom is -0.379 e. The van der Waals surface area contributed by atoms with Gasteiger partial charge in [0.05, 0.1) is 23.7 Å². The lowest BCUT2D eigenvalue weighted by molar-refractivity contribution is -0.384. The van der Waals surface area contributed by atoms with Crippen molar-refractivity contribution in [1.82, 2.24) is 9.80 Å². The summed E-state index contributed by atoms with van der Waals surface area (Å²) in [6.07, 6.45) is 0.